The molecule has 7 N–H and O–H groups in total. The van der Waals surface area contributed by atoms with E-state index in [1.807, 2.05) is 13.0 Å². The maximum Gasteiger partial charge on any atom is 0.404 e. The Kier molecular flexibility index (Phi) is 7.14. The Morgan fingerprint density at radius 2 is 2.09 bits per heavy atom. The molecule has 0 aliphatic carbocycles. The summed E-state index contributed by atoms with van der Waals surface area (Å²) < 4.78 is 1.44. The number of nitrogens with zero attached hydrogens (tertiary/aromatic N) is 5. The highest BCUT2D eigenvalue weighted by atomic mass is 35.5. The first-order valence-electron chi connectivity index (χ1n) is 10.0. The molecule has 0 spiro atoms. The monoisotopic (exact) mass is 471 g/mol. The summed E-state index contributed by atoms with van der Waals surface area (Å²) >= 11 is 6.27. The summed E-state index contributed by atoms with van der Waals surface area (Å²) in [5.41, 5.74) is 11.6. The minimum atomic E-state index is -1.15. The van der Waals surface area contributed by atoms with Crippen molar-refractivity contribution in [2.75, 3.05) is 23.3 Å². The molecule has 1 aromatic carbocycles. The molecule has 0 aliphatic heterocycles. The van der Waals surface area contributed by atoms with Gasteiger partial charge in [-0.1, -0.05) is 24.6 Å². The van der Waals surface area contributed by atoms with Crippen LogP contribution in [0.2, 0.25) is 5.02 Å². The van der Waals surface area contributed by atoms with Gasteiger partial charge in [-0.25, -0.2) is 9.78 Å². The number of nitrogen functional groups attached to an aromatic ring is 2. The quantitative estimate of drug-likeness (QED) is 0.303. The van der Waals surface area contributed by atoms with Gasteiger partial charge in [-0.15, -0.1) is 0 Å². The second-order valence-electron chi connectivity index (χ2n) is 7.05. The number of hydrogen-bond acceptors (Lipinski definition) is 9. The van der Waals surface area contributed by atoms with Crippen LogP contribution >= 0.6 is 11.6 Å². The number of nitrogens with one attached hydrogen (secondary N) is 2. The molecule has 1 amide bonds. The Hall–Kier alpha value is -4.11. The van der Waals surface area contributed by atoms with Crippen molar-refractivity contribution in [2.24, 2.45) is 0 Å². The molecule has 0 radical (unpaired) electrons. The largest absolute Gasteiger partial charge is 0.465 e. The lowest BCUT2D eigenvalue weighted by Crippen LogP contribution is -2.31. The molecule has 12 nitrogen and oxygen atoms in total. The van der Waals surface area contributed by atoms with Crippen LogP contribution in [0.15, 0.2) is 23.0 Å². The highest BCUT2D eigenvalue weighted by Gasteiger charge is 2.22. The van der Waals surface area contributed by atoms with Crippen LogP contribution in [0.25, 0.3) is 10.9 Å². The molecule has 1 unspecified atom stereocenters. The van der Waals surface area contributed by atoms with Crippen molar-refractivity contribution in [1.29, 1.82) is 5.26 Å². The topological polar surface area (TPSA) is 198 Å². The van der Waals surface area contributed by atoms with E-state index >= 15 is 0 Å². The minimum absolute atomic E-state index is 0.0195. The Balaban J connectivity index is 2.11. The van der Waals surface area contributed by atoms with Gasteiger partial charge in [0.1, 0.15) is 23.3 Å². The first-order chi connectivity index (χ1) is 15.8. The van der Waals surface area contributed by atoms with Crippen molar-refractivity contribution in [3.8, 4) is 6.07 Å². The Morgan fingerprint density at radius 3 is 2.76 bits per heavy atom. The number of fused-ring (bicyclic) bond motifs is 1. The van der Waals surface area contributed by atoms with Gasteiger partial charge in [0.25, 0.3) is 5.56 Å². The molecule has 33 heavy (non-hydrogen) atoms. The summed E-state index contributed by atoms with van der Waals surface area (Å²) in [6.07, 6.45) is -0.358. The second-order valence-corrected chi connectivity index (χ2v) is 7.46. The minimum Gasteiger partial charge on any atom is -0.465 e. The maximum atomic E-state index is 13.4. The van der Waals surface area contributed by atoms with Crippen LogP contribution < -0.4 is 27.7 Å². The van der Waals surface area contributed by atoms with Gasteiger partial charge in [0, 0.05) is 13.1 Å². The fourth-order valence-electron chi connectivity index (χ4n) is 3.38. The molecular formula is C20H22ClN9O3. The van der Waals surface area contributed by atoms with E-state index in [4.69, 9.17) is 28.2 Å². The zero-order valence-electron chi connectivity index (χ0n) is 17.7. The molecular weight excluding hydrogens is 450 g/mol. The molecule has 0 aliphatic rings. The summed E-state index contributed by atoms with van der Waals surface area (Å²) in [5, 5.41) is 24.2. The number of halogens is 1. The number of carboxylic acid groups (broad SMARTS) is 1. The first kappa shape index (κ1) is 23.6. The van der Waals surface area contributed by atoms with E-state index in [0.29, 0.717) is 24.2 Å². The van der Waals surface area contributed by atoms with E-state index in [1.54, 1.807) is 18.2 Å². The van der Waals surface area contributed by atoms with Gasteiger partial charge in [0.15, 0.2) is 5.82 Å². The van der Waals surface area contributed by atoms with E-state index in [9.17, 15) is 14.9 Å². The fraction of sp³-hybridized carbons (Fsp3) is 0.300. The Bertz CT molecular complexity index is 1300. The number of rotatable bonds is 8. The lowest BCUT2D eigenvalue weighted by molar-refractivity contribution is 0.194. The van der Waals surface area contributed by atoms with Crippen LogP contribution in [0.5, 0.6) is 0 Å². The summed E-state index contributed by atoms with van der Waals surface area (Å²) in [6.45, 7) is 2.19. The van der Waals surface area contributed by atoms with Gasteiger partial charge in [0.2, 0.25) is 5.95 Å². The third-order valence-electron chi connectivity index (χ3n) is 4.89. The van der Waals surface area contributed by atoms with E-state index < -0.39 is 12.1 Å². The van der Waals surface area contributed by atoms with Crippen LogP contribution in [-0.2, 0) is 6.54 Å². The van der Waals surface area contributed by atoms with E-state index in [-0.39, 0.29) is 52.2 Å². The highest BCUT2D eigenvalue weighted by Crippen LogP contribution is 2.27. The number of benzene rings is 1. The number of aromatic nitrogens is 4. The SMILES string of the molecule is CCC(Nc1nc(N)nc(N)c1C#N)c1nc2cccc(Cl)c2c(=O)n1CCCNC(=O)O. The van der Waals surface area contributed by atoms with Gasteiger partial charge in [0.05, 0.1) is 22.0 Å². The van der Waals surface area contributed by atoms with Crippen LogP contribution in [0.3, 0.4) is 0 Å². The van der Waals surface area contributed by atoms with Crippen LogP contribution in [0.1, 0.15) is 37.2 Å². The van der Waals surface area contributed by atoms with E-state index in [0.717, 1.165) is 0 Å². The number of amides is 1. The van der Waals surface area contributed by atoms with E-state index in [2.05, 4.69) is 25.6 Å². The van der Waals surface area contributed by atoms with E-state index in [1.165, 1.54) is 4.57 Å². The van der Waals surface area contributed by atoms with Crippen LogP contribution in [-0.4, -0.2) is 37.3 Å². The molecule has 0 bridgehead atoms. The van der Waals surface area contributed by atoms with Crippen molar-refractivity contribution in [3.05, 3.63) is 45.0 Å². The summed E-state index contributed by atoms with van der Waals surface area (Å²) in [5.74, 6) is 0.304. The van der Waals surface area contributed by atoms with Gasteiger partial charge in [-0.2, -0.15) is 15.2 Å². The smallest absolute Gasteiger partial charge is 0.404 e. The standard InChI is InChI=1S/C20H22ClN9O3/c1-2-12(26-16-10(9-22)15(23)28-19(24)29-16)17-27-13-6-3-5-11(21)14(13)18(31)30(17)8-4-7-25-20(32)33/h3,5-6,12,25H,2,4,7-8H2,1H3,(H,32,33)(H5,23,24,26,28,29). The molecule has 0 saturated heterocycles. The molecule has 13 heteroatoms. The summed E-state index contributed by atoms with van der Waals surface area (Å²) in [6, 6.07) is 6.36. The lowest BCUT2D eigenvalue weighted by Gasteiger charge is -2.23. The number of hydrogen-bond donors (Lipinski definition) is 5. The van der Waals surface area contributed by atoms with Gasteiger partial charge < -0.3 is 27.2 Å². The number of anilines is 3. The van der Waals surface area contributed by atoms with Crippen molar-refractivity contribution >= 4 is 46.2 Å². The van der Waals surface area contributed by atoms with Gasteiger partial charge in [-0.05, 0) is 25.0 Å². The zero-order valence-corrected chi connectivity index (χ0v) is 18.4. The third kappa shape index (κ3) is 5.04. The molecule has 1 atom stereocenters. The Morgan fingerprint density at radius 1 is 1.33 bits per heavy atom. The van der Waals surface area contributed by atoms with Gasteiger partial charge in [-0.3, -0.25) is 9.36 Å². The second kappa shape index (κ2) is 10.0. The molecule has 3 rings (SSSR count). The molecule has 172 valence electrons. The number of nitrogens with two attached hydrogens (primary N) is 2. The first-order valence-corrected chi connectivity index (χ1v) is 10.4. The zero-order chi connectivity index (χ0) is 24.1. The van der Waals surface area contributed by atoms with Crippen LogP contribution in [0, 0.1) is 11.3 Å². The number of carbonyl (C=O) groups is 1. The van der Waals surface area contributed by atoms with Crippen LogP contribution in [0.4, 0.5) is 22.4 Å². The molecule has 2 aromatic heterocycles. The summed E-state index contributed by atoms with van der Waals surface area (Å²) in [4.78, 5) is 36.7. The van der Waals surface area contributed by atoms with Crippen molar-refractivity contribution in [3.63, 3.8) is 0 Å². The van der Waals surface area contributed by atoms with Crippen molar-refractivity contribution in [1.82, 2.24) is 24.8 Å². The molecule has 0 fully saturated rings. The highest BCUT2D eigenvalue weighted by molar-refractivity contribution is 6.35. The fourth-order valence-corrected chi connectivity index (χ4v) is 3.63. The normalized spacial score (nSPS) is 11.7. The lowest BCUT2D eigenvalue weighted by atomic mass is 10.1. The predicted octanol–water partition coefficient (Wildman–Crippen LogP) is 2.10. The average molecular weight is 472 g/mol. The molecule has 0 saturated carbocycles. The number of nitriles is 1. The average Bonchev–Trinajstić information content (AvgIpc) is 2.75. The Labute approximate surface area is 193 Å². The molecule has 2 heterocycles. The maximum absolute atomic E-state index is 13.4. The third-order valence-corrected chi connectivity index (χ3v) is 5.21. The van der Waals surface area contributed by atoms with Crippen molar-refractivity contribution in [2.45, 2.75) is 32.4 Å². The predicted molar refractivity (Wildman–Crippen MR) is 124 cm³/mol. The summed E-state index contributed by atoms with van der Waals surface area (Å²) in [7, 11) is 0. The van der Waals surface area contributed by atoms with Gasteiger partial charge >= 0.3 is 6.09 Å². The van der Waals surface area contributed by atoms with Crippen molar-refractivity contribution < 1.29 is 9.90 Å². The molecule has 3 aromatic rings.